The lowest BCUT2D eigenvalue weighted by Crippen LogP contribution is -1.97. The van der Waals surface area contributed by atoms with Crippen LogP contribution in [0.3, 0.4) is 0 Å². The van der Waals surface area contributed by atoms with Gasteiger partial charge in [0.2, 0.25) is 0 Å². The molecule has 1 N–H and O–H groups in total. The predicted molar refractivity (Wildman–Crippen MR) is 65.2 cm³/mol. The van der Waals surface area contributed by atoms with Crippen LogP contribution >= 0.6 is 11.6 Å². The van der Waals surface area contributed by atoms with Crippen LogP contribution in [0.1, 0.15) is 5.56 Å². The van der Waals surface area contributed by atoms with Gasteiger partial charge in [0.05, 0.1) is 5.69 Å². The van der Waals surface area contributed by atoms with Gasteiger partial charge in [-0.2, -0.15) is 5.10 Å². The van der Waals surface area contributed by atoms with Gasteiger partial charge in [0.15, 0.2) is 0 Å². The molecule has 0 fully saturated rings. The van der Waals surface area contributed by atoms with E-state index in [1.54, 1.807) is 41.3 Å². The first kappa shape index (κ1) is 11.4. The number of hydrogen-bond donors (Lipinski definition) is 1. The molecule has 4 nitrogen and oxygen atoms in total. The van der Waals surface area contributed by atoms with E-state index in [1.165, 1.54) is 6.08 Å². The molecular formula is C12H9ClN2O2. The van der Waals surface area contributed by atoms with Gasteiger partial charge in [-0.25, -0.2) is 9.48 Å². The number of benzene rings is 1. The molecule has 0 radical (unpaired) electrons. The first-order valence-corrected chi connectivity index (χ1v) is 5.25. The summed E-state index contributed by atoms with van der Waals surface area (Å²) in [5, 5.41) is 13.3. The summed E-state index contributed by atoms with van der Waals surface area (Å²) in [6.45, 7) is 0. The van der Waals surface area contributed by atoms with E-state index in [4.69, 9.17) is 16.7 Å². The van der Waals surface area contributed by atoms with E-state index in [0.29, 0.717) is 10.6 Å². The molecule has 0 unspecified atom stereocenters. The second kappa shape index (κ2) is 4.84. The van der Waals surface area contributed by atoms with E-state index in [2.05, 4.69) is 5.10 Å². The Hall–Kier alpha value is -2.07. The number of halogens is 1. The van der Waals surface area contributed by atoms with Gasteiger partial charge in [-0.15, -0.1) is 0 Å². The van der Waals surface area contributed by atoms with Crippen molar-refractivity contribution in [1.29, 1.82) is 0 Å². The molecule has 86 valence electrons. The van der Waals surface area contributed by atoms with Gasteiger partial charge in [0.1, 0.15) is 0 Å². The summed E-state index contributed by atoms with van der Waals surface area (Å²) in [6.07, 6.45) is 5.99. The predicted octanol–water partition coefficient (Wildman–Crippen LogP) is 2.62. The fourth-order valence-corrected chi connectivity index (χ4v) is 1.62. The second-order valence-corrected chi connectivity index (χ2v) is 3.76. The summed E-state index contributed by atoms with van der Waals surface area (Å²) in [5.41, 5.74) is 1.47. The first-order chi connectivity index (χ1) is 8.16. The van der Waals surface area contributed by atoms with Crippen molar-refractivity contribution in [3.05, 3.63) is 53.3 Å². The molecule has 1 heterocycles. The van der Waals surface area contributed by atoms with Gasteiger partial charge >= 0.3 is 5.97 Å². The van der Waals surface area contributed by atoms with Crippen molar-refractivity contribution < 1.29 is 9.90 Å². The summed E-state index contributed by atoms with van der Waals surface area (Å²) in [5.74, 6) is -1.00. The average Bonchev–Trinajstić information content (AvgIpc) is 2.80. The number of hydrogen-bond acceptors (Lipinski definition) is 2. The quantitative estimate of drug-likeness (QED) is 0.850. The van der Waals surface area contributed by atoms with Crippen LogP contribution < -0.4 is 0 Å². The fourth-order valence-electron chi connectivity index (χ4n) is 1.44. The number of rotatable bonds is 3. The molecule has 0 atom stereocenters. The number of carboxylic acid groups (broad SMARTS) is 1. The summed E-state index contributed by atoms with van der Waals surface area (Å²) in [7, 11) is 0. The third-order valence-corrected chi connectivity index (χ3v) is 2.38. The van der Waals surface area contributed by atoms with Crippen LogP contribution in [0.25, 0.3) is 11.8 Å². The Balaban J connectivity index is 2.48. The molecule has 0 amide bonds. The molecule has 2 aromatic rings. The van der Waals surface area contributed by atoms with Crippen LogP contribution in [0.15, 0.2) is 42.7 Å². The lowest BCUT2D eigenvalue weighted by Gasteiger charge is -2.06. The Morgan fingerprint density at radius 1 is 1.47 bits per heavy atom. The highest BCUT2D eigenvalue weighted by Crippen LogP contribution is 2.20. The SMILES string of the molecule is O=C(O)/C=C/c1cc(Cl)ccc1-n1cccn1. The number of carboxylic acids is 1. The summed E-state index contributed by atoms with van der Waals surface area (Å²) >= 11 is 5.88. The highest BCUT2D eigenvalue weighted by Gasteiger charge is 2.03. The van der Waals surface area contributed by atoms with Crippen LogP contribution in [-0.4, -0.2) is 20.9 Å². The molecule has 0 aliphatic rings. The van der Waals surface area contributed by atoms with Crippen molar-refractivity contribution in [2.24, 2.45) is 0 Å². The van der Waals surface area contributed by atoms with Gasteiger partial charge in [0, 0.05) is 29.1 Å². The molecule has 0 saturated carbocycles. The van der Waals surface area contributed by atoms with E-state index in [9.17, 15) is 4.79 Å². The molecular weight excluding hydrogens is 240 g/mol. The van der Waals surface area contributed by atoms with Crippen molar-refractivity contribution in [2.45, 2.75) is 0 Å². The van der Waals surface area contributed by atoms with E-state index >= 15 is 0 Å². The maximum Gasteiger partial charge on any atom is 0.328 e. The number of carbonyl (C=O) groups is 1. The Kier molecular flexibility index (Phi) is 3.25. The zero-order chi connectivity index (χ0) is 12.3. The number of nitrogens with zero attached hydrogens (tertiary/aromatic N) is 2. The molecule has 1 aromatic heterocycles. The van der Waals surface area contributed by atoms with Crippen molar-refractivity contribution >= 4 is 23.6 Å². The average molecular weight is 249 g/mol. The van der Waals surface area contributed by atoms with Crippen molar-refractivity contribution in [3.8, 4) is 5.69 Å². The smallest absolute Gasteiger partial charge is 0.328 e. The Labute approximate surface area is 103 Å². The lowest BCUT2D eigenvalue weighted by atomic mass is 10.1. The highest BCUT2D eigenvalue weighted by atomic mass is 35.5. The minimum absolute atomic E-state index is 0.547. The third kappa shape index (κ3) is 2.73. The van der Waals surface area contributed by atoms with Gasteiger partial charge in [-0.1, -0.05) is 11.6 Å². The van der Waals surface area contributed by atoms with E-state index in [-0.39, 0.29) is 0 Å². The van der Waals surface area contributed by atoms with Gasteiger partial charge < -0.3 is 5.11 Å². The molecule has 0 aliphatic heterocycles. The molecule has 0 bridgehead atoms. The maximum atomic E-state index is 10.5. The zero-order valence-corrected chi connectivity index (χ0v) is 9.50. The molecule has 0 aliphatic carbocycles. The molecule has 1 aromatic carbocycles. The van der Waals surface area contributed by atoms with E-state index in [0.717, 1.165) is 11.8 Å². The van der Waals surface area contributed by atoms with Gasteiger partial charge in [-0.05, 0) is 30.3 Å². The molecule has 2 rings (SSSR count). The molecule has 0 saturated heterocycles. The standard InChI is InChI=1S/C12H9ClN2O2/c13-10-3-4-11(15-7-1-6-14-15)9(8-10)2-5-12(16)17/h1-8H,(H,16,17)/b5-2+. The molecule has 0 spiro atoms. The van der Waals surface area contributed by atoms with Gasteiger partial charge in [0.25, 0.3) is 0 Å². The van der Waals surface area contributed by atoms with Crippen LogP contribution in [-0.2, 0) is 4.79 Å². The van der Waals surface area contributed by atoms with Gasteiger partial charge in [-0.3, -0.25) is 0 Å². The third-order valence-electron chi connectivity index (χ3n) is 2.15. The Bertz CT molecular complexity index is 562. The van der Waals surface area contributed by atoms with Crippen molar-refractivity contribution in [1.82, 2.24) is 9.78 Å². The molecule has 5 heteroatoms. The summed E-state index contributed by atoms with van der Waals surface area (Å²) in [4.78, 5) is 10.5. The minimum Gasteiger partial charge on any atom is -0.478 e. The molecule has 17 heavy (non-hydrogen) atoms. The summed E-state index contributed by atoms with van der Waals surface area (Å²) < 4.78 is 1.65. The second-order valence-electron chi connectivity index (χ2n) is 3.33. The maximum absolute atomic E-state index is 10.5. The first-order valence-electron chi connectivity index (χ1n) is 4.87. The highest BCUT2D eigenvalue weighted by molar-refractivity contribution is 6.30. The normalized spacial score (nSPS) is 10.9. The number of aromatic nitrogens is 2. The largest absolute Gasteiger partial charge is 0.478 e. The topological polar surface area (TPSA) is 55.1 Å². The van der Waals surface area contributed by atoms with Crippen LogP contribution in [0.2, 0.25) is 5.02 Å². The summed E-state index contributed by atoms with van der Waals surface area (Å²) in [6, 6.07) is 7.00. The zero-order valence-electron chi connectivity index (χ0n) is 8.75. The minimum atomic E-state index is -1.00. The van der Waals surface area contributed by atoms with Crippen LogP contribution in [0.5, 0.6) is 0 Å². The van der Waals surface area contributed by atoms with Crippen molar-refractivity contribution in [2.75, 3.05) is 0 Å². The lowest BCUT2D eigenvalue weighted by molar-refractivity contribution is -0.131. The van der Waals surface area contributed by atoms with Crippen molar-refractivity contribution in [3.63, 3.8) is 0 Å². The van der Waals surface area contributed by atoms with Crippen LogP contribution in [0, 0.1) is 0 Å². The van der Waals surface area contributed by atoms with E-state index < -0.39 is 5.97 Å². The Morgan fingerprint density at radius 3 is 2.94 bits per heavy atom. The fraction of sp³-hybridized carbons (Fsp3) is 0. The number of aliphatic carboxylic acids is 1. The monoisotopic (exact) mass is 248 g/mol. The van der Waals surface area contributed by atoms with Crippen LogP contribution in [0.4, 0.5) is 0 Å². The van der Waals surface area contributed by atoms with E-state index in [1.807, 2.05) is 0 Å². The Morgan fingerprint density at radius 2 is 2.29 bits per heavy atom.